The third-order valence-electron chi connectivity index (χ3n) is 4.96. The molecule has 0 radical (unpaired) electrons. The van der Waals surface area contributed by atoms with Crippen molar-refractivity contribution in [2.24, 2.45) is 0 Å². The maximum Gasteiger partial charge on any atom is 0.322 e. The number of aromatic nitrogens is 1. The Balaban J connectivity index is 1.61. The van der Waals surface area contributed by atoms with Crippen molar-refractivity contribution in [3.05, 3.63) is 101 Å². The number of halogens is 2. The number of hydrogen-bond donors (Lipinski definition) is 2. The van der Waals surface area contributed by atoms with Crippen LogP contribution in [-0.4, -0.2) is 28.5 Å². The lowest BCUT2D eigenvalue weighted by Crippen LogP contribution is -2.29. The van der Waals surface area contributed by atoms with Gasteiger partial charge in [-0.2, -0.15) is 0 Å². The minimum Gasteiger partial charge on any atom is -0.480 e. The standard InChI is InChI=1S/C25H19F2N3O3S/c26-19-11-9-17(10-12-19)21-15-34-25(29-21)30(22-4-2-1-3-20(22)27)14-16-5-7-18(8-6-16)24(33)28-13-23(31)32/h1-12,15H,13-14H2,(H,28,33)(H,31,32). The van der Waals surface area contributed by atoms with Gasteiger partial charge in [0.25, 0.3) is 5.91 Å². The highest BCUT2D eigenvalue weighted by molar-refractivity contribution is 7.14. The lowest BCUT2D eigenvalue weighted by molar-refractivity contribution is -0.135. The highest BCUT2D eigenvalue weighted by atomic mass is 32.1. The van der Waals surface area contributed by atoms with Crippen molar-refractivity contribution in [1.82, 2.24) is 10.3 Å². The molecule has 0 saturated heterocycles. The number of benzene rings is 3. The van der Waals surface area contributed by atoms with Gasteiger partial charge in [0.2, 0.25) is 0 Å². The average molecular weight is 480 g/mol. The van der Waals surface area contributed by atoms with Crippen LogP contribution in [-0.2, 0) is 11.3 Å². The zero-order valence-corrected chi connectivity index (χ0v) is 18.6. The zero-order valence-electron chi connectivity index (χ0n) is 17.7. The summed E-state index contributed by atoms with van der Waals surface area (Å²) in [4.78, 5) is 29.1. The Labute approximate surface area is 198 Å². The second-order valence-electron chi connectivity index (χ2n) is 7.33. The Hall–Kier alpha value is -4.11. The van der Waals surface area contributed by atoms with E-state index in [1.54, 1.807) is 59.5 Å². The van der Waals surface area contributed by atoms with E-state index in [2.05, 4.69) is 10.3 Å². The highest BCUT2D eigenvalue weighted by Crippen LogP contribution is 2.34. The molecule has 0 aliphatic heterocycles. The number of rotatable bonds is 8. The van der Waals surface area contributed by atoms with Crippen LogP contribution in [0.3, 0.4) is 0 Å². The molecule has 6 nitrogen and oxygen atoms in total. The van der Waals surface area contributed by atoms with Gasteiger partial charge >= 0.3 is 5.97 Å². The Kier molecular flexibility index (Phi) is 6.93. The molecule has 0 bridgehead atoms. The molecule has 0 aliphatic carbocycles. The normalized spacial score (nSPS) is 10.6. The fourth-order valence-corrected chi connectivity index (χ4v) is 4.12. The maximum atomic E-state index is 14.7. The summed E-state index contributed by atoms with van der Waals surface area (Å²) >= 11 is 1.33. The molecule has 1 heterocycles. The van der Waals surface area contributed by atoms with Crippen molar-refractivity contribution < 1.29 is 23.5 Å². The number of carbonyl (C=O) groups excluding carboxylic acids is 1. The summed E-state index contributed by atoms with van der Waals surface area (Å²) in [6, 6.07) is 18.9. The van der Waals surface area contributed by atoms with E-state index in [-0.39, 0.29) is 12.4 Å². The van der Waals surface area contributed by atoms with Crippen molar-refractivity contribution in [2.45, 2.75) is 6.54 Å². The third kappa shape index (κ3) is 5.44. The quantitative estimate of drug-likeness (QED) is 0.361. The maximum absolute atomic E-state index is 14.7. The molecule has 0 spiro atoms. The predicted molar refractivity (Wildman–Crippen MR) is 126 cm³/mol. The summed E-state index contributed by atoms with van der Waals surface area (Å²) in [6.07, 6.45) is 0. The third-order valence-corrected chi connectivity index (χ3v) is 5.83. The molecule has 34 heavy (non-hydrogen) atoms. The fourth-order valence-electron chi connectivity index (χ4n) is 3.27. The molecule has 9 heteroatoms. The van der Waals surface area contributed by atoms with Crippen LogP contribution in [0.1, 0.15) is 15.9 Å². The zero-order chi connectivity index (χ0) is 24.1. The highest BCUT2D eigenvalue weighted by Gasteiger charge is 2.18. The number of anilines is 2. The second-order valence-corrected chi connectivity index (χ2v) is 8.17. The number of nitrogens with one attached hydrogen (secondary N) is 1. The molecule has 3 aromatic carbocycles. The number of aliphatic carboxylic acids is 1. The molecule has 1 aromatic heterocycles. The second kappa shape index (κ2) is 10.2. The van der Waals surface area contributed by atoms with Crippen molar-refractivity contribution >= 4 is 34.0 Å². The van der Waals surface area contributed by atoms with E-state index >= 15 is 0 Å². The Bertz CT molecular complexity index is 1310. The predicted octanol–water partition coefficient (Wildman–Crippen LogP) is 5.24. The fraction of sp³-hybridized carbons (Fsp3) is 0.0800. The van der Waals surface area contributed by atoms with E-state index in [1.807, 2.05) is 5.38 Å². The minimum absolute atomic E-state index is 0.272. The van der Waals surface area contributed by atoms with E-state index in [0.29, 0.717) is 22.1 Å². The van der Waals surface area contributed by atoms with Gasteiger partial charge in [-0.1, -0.05) is 24.3 Å². The van der Waals surface area contributed by atoms with Gasteiger partial charge in [-0.3, -0.25) is 9.59 Å². The van der Waals surface area contributed by atoms with Gasteiger partial charge in [0.1, 0.15) is 18.2 Å². The molecule has 1 amide bonds. The monoisotopic (exact) mass is 479 g/mol. The number of carbonyl (C=O) groups is 2. The van der Waals surface area contributed by atoms with Gasteiger partial charge in [0.05, 0.1) is 17.9 Å². The Morgan fingerprint density at radius 3 is 2.35 bits per heavy atom. The lowest BCUT2D eigenvalue weighted by Gasteiger charge is -2.23. The van der Waals surface area contributed by atoms with Crippen molar-refractivity contribution in [3.8, 4) is 11.3 Å². The number of nitrogens with zero attached hydrogens (tertiary/aromatic N) is 2. The number of thiazole rings is 1. The Morgan fingerprint density at radius 2 is 1.68 bits per heavy atom. The molecule has 2 N–H and O–H groups in total. The van der Waals surface area contributed by atoms with E-state index in [9.17, 15) is 18.4 Å². The summed E-state index contributed by atoms with van der Waals surface area (Å²) in [6.45, 7) is -0.198. The summed E-state index contributed by atoms with van der Waals surface area (Å²) in [5.41, 5.74) is 2.83. The van der Waals surface area contributed by atoms with Crippen LogP contribution in [0.15, 0.2) is 78.2 Å². The summed E-state index contributed by atoms with van der Waals surface area (Å²) in [5, 5.41) is 13.4. The van der Waals surface area contributed by atoms with E-state index in [1.165, 1.54) is 29.5 Å². The first-order chi connectivity index (χ1) is 16.4. The number of amides is 1. The SMILES string of the molecule is O=C(O)CNC(=O)c1ccc(CN(c2nc(-c3ccc(F)cc3)cs2)c2ccccc2F)cc1. The molecular formula is C25H19F2N3O3S. The minimum atomic E-state index is -1.13. The van der Waals surface area contributed by atoms with E-state index in [0.717, 1.165) is 11.1 Å². The number of carboxylic acid groups (broad SMARTS) is 1. The number of carboxylic acids is 1. The summed E-state index contributed by atoms with van der Waals surface area (Å²) in [5.74, 6) is -2.38. The van der Waals surface area contributed by atoms with Gasteiger partial charge in [0.15, 0.2) is 5.13 Å². The molecule has 0 unspecified atom stereocenters. The molecule has 4 aromatic rings. The van der Waals surface area contributed by atoms with E-state index in [4.69, 9.17) is 5.11 Å². The first-order valence-electron chi connectivity index (χ1n) is 10.2. The number of hydrogen-bond acceptors (Lipinski definition) is 5. The van der Waals surface area contributed by atoms with Gasteiger partial charge < -0.3 is 15.3 Å². The van der Waals surface area contributed by atoms with Crippen LogP contribution < -0.4 is 10.2 Å². The summed E-state index contributed by atoms with van der Waals surface area (Å²) < 4.78 is 28.0. The van der Waals surface area contributed by atoms with Crippen LogP contribution in [0, 0.1) is 11.6 Å². The van der Waals surface area contributed by atoms with Crippen LogP contribution in [0.25, 0.3) is 11.3 Å². The molecule has 4 rings (SSSR count). The Morgan fingerprint density at radius 1 is 0.971 bits per heavy atom. The van der Waals surface area contributed by atoms with Crippen molar-refractivity contribution in [2.75, 3.05) is 11.4 Å². The summed E-state index contributed by atoms with van der Waals surface area (Å²) in [7, 11) is 0. The molecule has 0 aliphatic rings. The molecular weight excluding hydrogens is 460 g/mol. The molecule has 0 atom stereocenters. The number of para-hydroxylation sites is 1. The van der Waals surface area contributed by atoms with Crippen molar-refractivity contribution in [3.63, 3.8) is 0 Å². The van der Waals surface area contributed by atoms with Crippen LogP contribution in [0.4, 0.5) is 19.6 Å². The first kappa shape index (κ1) is 23.1. The van der Waals surface area contributed by atoms with Crippen LogP contribution >= 0.6 is 11.3 Å². The first-order valence-corrected chi connectivity index (χ1v) is 11.1. The van der Waals surface area contributed by atoms with Crippen LogP contribution in [0.2, 0.25) is 0 Å². The lowest BCUT2D eigenvalue weighted by atomic mass is 10.1. The average Bonchev–Trinajstić information content (AvgIpc) is 3.32. The van der Waals surface area contributed by atoms with Crippen molar-refractivity contribution in [1.29, 1.82) is 0 Å². The van der Waals surface area contributed by atoms with Gasteiger partial charge in [-0.15, -0.1) is 11.3 Å². The smallest absolute Gasteiger partial charge is 0.322 e. The topological polar surface area (TPSA) is 82.5 Å². The largest absolute Gasteiger partial charge is 0.480 e. The molecule has 0 saturated carbocycles. The van der Waals surface area contributed by atoms with Gasteiger partial charge in [0, 0.05) is 16.5 Å². The molecule has 0 fully saturated rings. The van der Waals surface area contributed by atoms with E-state index < -0.39 is 24.2 Å². The molecule has 172 valence electrons. The van der Waals surface area contributed by atoms with Crippen LogP contribution in [0.5, 0.6) is 0 Å². The van der Waals surface area contributed by atoms with Gasteiger partial charge in [-0.25, -0.2) is 13.8 Å². The van der Waals surface area contributed by atoms with Gasteiger partial charge in [-0.05, 0) is 54.1 Å².